The highest BCUT2D eigenvalue weighted by Crippen LogP contribution is 2.22. The molecule has 1 atom stereocenters. The van der Waals surface area contributed by atoms with Crippen LogP contribution in [0.1, 0.15) is 28.4 Å². The van der Waals surface area contributed by atoms with Crippen molar-refractivity contribution in [2.75, 3.05) is 17.3 Å². The minimum absolute atomic E-state index is 0.0176. The monoisotopic (exact) mass is 296 g/mol. The van der Waals surface area contributed by atoms with Gasteiger partial charge in [-0.15, -0.1) is 0 Å². The van der Waals surface area contributed by atoms with E-state index in [1.807, 2.05) is 26.2 Å². The van der Waals surface area contributed by atoms with Gasteiger partial charge in [-0.2, -0.15) is 11.8 Å². The number of urea groups is 1. The molecule has 0 heterocycles. The number of aryl methyl sites for hydroxylation is 2. The van der Waals surface area contributed by atoms with Crippen LogP contribution in [0, 0.1) is 13.8 Å². The number of aromatic carboxylic acids is 1. The summed E-state index contributed by atoms with van der Waals surface area (Å²) in [6, 6.07) is 3.02. The first-order chi connectivity index (χ1) is 9.35. The number of carbonyl (C=O) groups is 2. The molecule has 1 aromatic carbocycles. The van der Waals surface area contributed by atoms with E-state index >= 15 is 0 Å². The Bertz CT molecular complexity index is 517. The Morgan fingerprint density at radius 3 is 2.55 bits per heavy atom. The molecule has 2 amide bonds. The molecule has 3 N–H and O–H groups in total. The highest BCUT2D eigenvalue weighted by molar-refractivity contribution is 7.98. The number of amides is 2. The van der Waals surface area contributed by atoms with E-state index in [1.165, 1.54) is 0 Å². The van der Waals surface area contributed by atoms with Crippen LogP contribution < -0.4 is 10.6 Å². The fourth-order valence-electron chi connectivity index (χ4n) is 1.97. The molecular formula is C14H20N2O3S. The van der Waals surface area contributed by atoms with Crippen LogP contribution in [0.3, 0.4) is 0 Å². The number of carboxylic acid groups (broad SMARTS) is 1. The Labute approximate surface area is 123 Å². The van der Waals surface area contributed by atoms with Crippen molar-refractivity contribution < 1.29 is 14.7 Å². The second-order valence-corrected chi connectivity index (χ2v) is 5.68. The van der Waals surface area contributed by atoms with Gasteiger partial charge in [-0.05, 0) is 44.2 Å². The molecule has 0 spiro atoms. The Morgan fingerprint density at radius 1 is 1.35 bits per heavy atom. The van der Waals surface area contributed by atoms with Crippen LogP contribution in [0.5, 0.6) is 0 Å². The normalized spacial score (nSPS) is 11.8. The highest BCUT2D eigenvalue weighted by Gasteiger charge is 2.16. The van der Waals surface area contributed by atoms with Crippen LogP contribution >= 0.6 is 11.8 Å². The summed E-state index contributed by atoms with van der Waals surface area (Å²) >= 11 is 1.63. The number of hydrogen-bond donors (Lipinski definition) is 3. The first-order valence-corrected chi connectivity index (χ1v) is 7.65. The Hall–Kier alpha value is -1.69. The minimum atomic E-state index is -1.05. The standard InChI is InChI=1S/C14H20N2O3S/c1-8-5-9(2)12(11(6-8)13(17)18)16-14(19)15-10(3)7-20-4/h5-6,10H,7H2,1-4H3,(H,17,18)(H2,15,16,19). The lowest BCUT2D eigenvalue weighted by molar-refractivity contribution is 0.0698. The molecule has 0 bridgehead atoms. The summed E-state index contributed by atoms with van der Waals surface area (Å²) < 4.78 is 0. The molecule has 5 nitrogen and oxygen atoms in total. The Kier molecular flexibility index (Phi) is 5.88. The van der Waals surface area contributed by atoms with Crippen LogP contribution in [0.2, 0.25) is 0 Å². The predicted octanol–water partition coefficient (Wildman–Crippen LogP) is 2.87. The van der Waals surface area contributed by atoms with Crippen molar-refractivity contribution in [2.24, 2.45) is 0 Å². The Morgan fingerprint density at radius 2 is 2.00 bits per heavy atom. The van der Waals surface area contributed by atoms with E-state index < -0.39 is 5.97 Å². The number of rotatable bonds is 5. The van der Waals surface area contributed by atoms with Crippen LogP contribution in [0.15, 0.2) is 12.1 Å². The van der Waals surface area contributed by atoms with Gasteiger partial charge >= 0.3 is 12.0 Å². The summed E-state index contributed by atoms with van der Waals surface area (Å²) in [7, 11) is 0. The number of nitrogens with one attached hydrogen (secondary N) is 2. The molecule has 0 saturated heterocycles. The molecule has 0 aromatic heterocycles. The van der Waals surface area contributed by atoms with Gasteiger partial charge < -0.3 is 15.7 Å². The van der Waals surface area contributed by atoms with E-state index in [9.17, 15) is 14.7 Å². The maximum absolute atomic E-state index is 11.9. The van der Waals surface area contributed by atoms with E-state index in [1.54, 1.807) is 24.8 Å². The fraction of sp³-hybridized carbons (Fsp3) is 0.429. The van der Waals surface area contributed by atoms with E-state index in [0.29, 0.717) is 5.69 Å². The van der Waals surface area contributed by atoms with Crippen LogP contribution in [0.4, 0.5) is 10.5 Å². The van der Waals surface area contributed by atoms with Crippen molar-refractivity contribution in [1.82, 2.24) is 5.32 Å². The largest absolute Gasteiger partial charge is 0.478 e. The second-order valence-electron chi connectivity index (χ2n) is 4.76. The summed E-state index contributed by atoms with van der Waals surface area (Å²) in [4.78, 5) is 23.1. The molecule has 20 heavy (non-hydrogen) atoms. The first-order valence-electron chi connectivity index (χ1n) is 6.26. The third kappa shape index (κ3) is 4.45. The predicted molar refractivity (Wildman–Crippen MR) is 82.9 cm³/mol. The lowest BCUT2D eigenvalue weighted by atomic mass is 10.0. The SMILES string of the molecule is CSCC(C)NC(=O)Nc1c(C)cc(C)cc1C(=O)O. The number of carbonyl (C=O) groups excluding carboxylic acids is 1. The van der Waals surface area contributed by atoms with Crippen molar-refractivity contribution >= 4 is 29.4 Å². The third-order valence-corrected chi connectivity index (χ3v) is 3.58. The number of carboxylic acids is 1. The molecule has 0 radical (unpaired) electrons. The van der Waals surface area contributed by atoms with Gasteiger partial charge in [-0.3, -0.25) is 0 Å². The van der Waals surface area contributed by atoms with Crippen LogP contribution in [0.25, 0.3) is 0 Å². The Balaban J connectivity index is 2.91. The molecule has 1 rings (SSSR count). The van der Waals surface area contributed by atoms with E-state index in [-0.39, 0.29) is 17.6 Å². The minimum Gasteiger partial charge on any atom is -0.478 e. The lowest BCUT2D eigenvalue weighted by Gasteiger charge is -2.16. The van der Waals surface area contributed by atoms with Crippen molar-refractivity contribution in [3.63, 3.8) is 0 Å². The van der Waals surface area contributed by atoms with Crippen molar-refractivity contribution in [3.05, 3.63) is 28.8 Å². The van der Waals surface area contributed by atoms with Gasteiger partial charge in [0.15, 0.2) is 0 Å². The molecule has 110 valence electrons. The lowest BCUT2D eigenvalue weighted by Crippen LogP contribution is -2.38. The third-order valence-electron chi connectivity index (χ3n) is 2.74. The first kappa shape index (κ1) is 16.4. The highest BCUT2D eigenvalue weighted by atomic mass is 32.2. The van der Waals surface area contributed by atoms with E-state index in [4.69, 9.17) is 0 Å². The number of benzene rings is 1. The van der Waals surface area contributed by atoms with E-state index in [2.05, 4.69) is 10.6 Å². The second kappa shape index (κ2) is 7.19. The molecular weight excluding hydrogens is 276 g/mol. The molecule has 0 saturated carbocycles. The quantitative estimate of drug-likeness (QED) is 0.780. The summed E-state index contributed by atoms with van der Waals surface area (Å²) in [5.74, 6) is -0.254. The van der Waals surface area contributed by atoms with Crippen molar-refractivity contribution in [3.8, 4) is 0 Å². The fourth-order valence-corrected chi connectivity index (χ4v) is 2.55. The molecule has 0 aliphatic heterocycles. The van der Waals surface area contributed by atoms with Crippen molar-refractivity contribution in [2.45, 2.75) is 26.8 Å². The van der Waals surface area contributed by atoms with Gasteiger partial charge in [0.25, 0.3) is 0 Å². The van der Waals surface area contributed by atoms with Gasteiger partial charge in [0.1, 0.15) is 0 Å². The summed E-state index contributed by atoms with van der Waals surface area (Å²) in [6.07, 6.45) is 1.96. The summed E-state index contributed by atoms with van der Waals surface area (Å²) in [6.45, 7) is 5.50. The van der Waals surface area contributed by atoms with Gasteiger partial charge in [-0.25, -0.2) is 9.59 Å². The summed E-state index contributed by atoms with van der Waals surface area (Å²) in [5.41, 5.74) is 2.03. The zero-order chi connectivity index (χ0) is 15.3. The molecule has 1 aromatic rings. The number of anilines is 1. The molecule has 0 aliphatic rings. The van der Waals surface area contributed by atoms with E-state index in [0.717, 1.165) is 16.9 Å². The van der Waals surface area contributed by atoms with Crippen molar-refractivity contribution in [1.29, 1.82) is 0 Å². The van der Waals surface area contributed by atoms with Gasteiger partial charge in [0.2, 0.25) is 0 Å². The van der Waals surface area contributed by atoms with Crippen LogP contribution in [-0.2, 0) is 0 Å². The molecule has 0 fully saturated rings. The van der Waals surface area contributed by atoms with Gasteiger partial charge in [0.05, 0.1) is 11.3 Å². The maximum Gasteiger partial charge on any atom is 0.337 e. The zero-order valence-corrected chi connectivity index (χ0v) is 12.9. The molecule has 1 unspecified atom stereocenters. The smallest absolute Gasteiger partial charge is 0.337 e. The average Bonchev–Trinajstić information content (AvgIpc) is 2.32. The molecule has 0 aliphatic carbocycles. The van der Waals surface area contributed by atoms with Gasteiger partial charge in [-0.1, -0.05) is 6.07 Å². The molecule has 6 heteroatoms. The zero-order valence-electron chi connectivity index (χ0n) is 12.1. The average molecular weight is 296 g/mol. The number of thioether (sulfide) groups is 1. The van der Waals surface area contributed by atoms with Crippen LogP contribution in [-0.4, -0.2) is 35.2 Å². The number of hydrogen-bond acceptors (Lipinski definition) is 3. The van der Waals surface area contributed by atoms with Gasteiger partial charge in [0, 0.05) is 11.8 Å². The maximum atomic E-state index is 11.9. The topological polar surface area (TPSA) is 78.4 Å². The summed E-state index contributed by atoms with van der Waals surface area (Å²) in [5, 5.41) is 14.6.